The van der Waals surface area contributed by atoms with E-state index in [4.69, 9.17) is 5.11 Å². The molecule has 0 unspecified atom stereocenters. The summed E-state index contributed by atoms with van der Waals surface area (Å²) in [5.74, 6) is 2.60. The fourth-order valence-corrected chi connectivity index (χ4v) is 1.68. The van der Waals surface area contributed by atoms with Gasteiger partial charge in [0.15, 0.2) is 0 Å². The second-order valence-electron chi connectivity index (χ2n) is 4.58. The Morgan fingerprint density at radius 2 is 2.24 bits per heavy atom. The first-order chi connectivity index (χ1) is 8.19. The Balaban J connectivity index is 2.06. The molecule has 0 bridgehead atoms. The molecule has 1 saturated carbocycles. The molecular weight excluding hydrogens is 216 g/mol. The van der Waals surface area contributed by atoms with Crippen LogP contribution >= 0.6 is 0 Å². The normalized spacial score (nSPS) is 14.8. The molecule has 0 saturated heterocycles. The Morgan fingerprint density at radius 3 is 2.88 bits per heavy atom. The van der Waals surface area contributed by atoms with Crippen molar-refractivity contribution in [1.29, 1.82) is 0 Å². The van der Waals surface area contributed by atoms with Gasteiger partial charge in [0, 0.05) is 32.3 Å². The monoisotopic (exact) mass is 236 g/mol. The van der Waals surface area contributed by atoms with E-state index in [1.165, 1.54) is 12.8 Å². The van der Waals surface area contributed by atoms with Crippen molar-refractivity contribution in [2.45, 2.75) is 32.2 Å². The maximum absolute atomic E-state index is 8.83. The minimum Gasteiger partial charge on any atom is -0.396 e. The second kappa shape index (κ2) is 5.31. The van der Waals surface area contributed by atoms with E-state index in [0.29, 0.717) is 6.04 Å². The van der Waals surface area contributed by atoms with E-state index in [1.807, 2.05) is 24.9 Å². The maximum Gasteiger partial charge on any atom is 0.134 e. The summed E-state index contributed by atoms with van der Waals surface area (Å²) < 4.78 is 0. The lowest BCUT2D eigenvalue weighted by Gasteiger charge is -2.18. The molecule has 2 rings (SSSR count). The highest BCUT2D eigenvalue weighted by molar-refractivity contribution is 5.49. The van der Waals surface area contributed by atoms with E-state index in [2.05, 4.69) is 15.3 Å². The maximum atomic E-state index is 8.83. The van der Waals surface area contributed by atoms with Crippen LogP contribution in [0.5, 0.6) is 0 Å². The summed E-state index contributed by atoms with van der Waals surface area (Å²) >= 11 is 0. The summed E-state index contributed by atoms with van der Waals surface area (Å²) in [6.45, 7) is 2.92. The number of hydrogen-bond donors (Lipinski definition) is 2. The number of rotatable bonds is 6. The molecule has 0 spiro atoms. The zero-order valence-corrected chi connectivity index (χ0v) is 10.5. The predicted octanol–water partition coefficient (Wildman–Crippen LogP) is 1.18. The van der Waals surface area contributed by atoms with Gasteiger partial charge in [-0.1, -0.05) is 0 Å². The Bertz CT molecular complexity index is 379. The number of aliphatic hydroxyl groups excluding tert-OH is 1. The van der Waals surface area contributed by atoms with Crippen LogP contribution < -0.4 is 10.2 Å². The third kappa shape index (κ3) is 3.56. The van der Waals surface area contributed by atoms with Crippen LogP contribution in [0.1, 0.15) is 25.1 Å². The van der Waals surface area contributed by atoms with Gasteiger partial charge in [-0.2, -0.15) is 0 Å². The minimum absolute atomic E-state index is 0.210. The number of hydrogen-bond acceptors (Lipinski definition) is 5. The van der Waals surface area contributed by atoms with E-state index in [9.17, 15) is 0 Å². The summed E-state index contributed by atoms with van der Waals surface area (Å²) in [7, 11) is 1.98. The zero-order chi connectivity index (χ0) is 12.3. The van der Waals surface area contributed by atoms with Crippen molar-refractivity contribution >= 4 is 11.6 Å². The first kappa shape index (κ1) is 12.1. The smallest absolute Gasteiger partial charge is 0.134 e. The molecule has 0 amide bonds. The zero-order valence-electron chi connectivity index (χ0n) is 10.5. The quantitative estimate of drug-likeness (QED) is 0.776. The molecule has 1 fully saturated rings. The molecule has 1 heterocycles. The largest absolute Gasteiger partial charge is 0.396 e. The summed E-state index contributed by atoms with van der Waals surface area (Å²) in [6.07, 6.45) is 3.22. The van der Waals surface area contributed by atoms with Crippen LogP contribution in [0.2, 0.25) is 0 Å². The molecule has 94 valence electrons. The third-order valence-corrected chi connectivity index (χ3v) is 2.80. The first-order valence-electron chi connectivity index (χ1n) is 6.13. The standard InChI is InChI=1S/C12H20N4O/c1-9-13-11(15-10-4-5-10)8-12(14-9)16(2)6-3-7-17/h8,10,17H,3-7H2,1-2H3,(H,13,14,15). The number of anilines is 2. The van der Waals surface area contributed by atoms with Gasteiger partial charge in [-0.15, -0.1) is 0 Å². The highest BCUT2D eigenvalue weighted by atomic mass is 16.3. The summed E-state index contributed by atoms with van der Waals surface area (Å²) in [5, 5.41) is 12.2. The fourth-order valence-electron chi connectivity index (χ4n) is 1.68. The van der Waals surface area contributed by atoms with E-state index >= 15 is 0 Å². The van der Waals surface area contributed by atoms with Gasteiger partial charge in [0.1, 0.15) is 17.5 Å². The van der Waals surface area contributed by atoms with E-state index < -0.39 is 0 Å². The van der Waals surface area contributed by atoms with Crippen molar-refractivity contribution in [2.75, 3.05) is 30.4 Å². The van der Waals surface area contributed by atoms with Crippen LogP contribution in [0.4, 0.5) is 11.6 Å². The van der Waals surface area contributed by atoms with Gasteiger partial charge < -0.3 is 15.3 Å². The van der Waals surface area contributed by atoms with Gasteiger partial charge in [-0.25, -0.2) is 9.97 Å². The average Bonchev–Trinajstić information content (AvgIpc) is 3.09. The molecule has 0 atom stereocenters. The lowest BCUT2D eigenvalue weighted by molar-refractivity contribution is 0.290. The van der Waals surface area contributed by atoms with Crippen molar-refractivity contribution in [3.63, 3.8) is 0 Å². The SMILES string of the molecule is Cc1nc(NC2CC2)cc(N(C)CCCO)n1. The van der Waals surface area contributed by atoms with Crippen molar-refractivity contribution in [1.82, 2.24) is 9.97 Å². The number of aromatic nitrogens is 2. The Hall–Kier alpha value is -1.36. The Labute approximate surface area is 102 Å². The highest BCUT2D eigenvalue weighted by Gasteiger charge is 2.21. The summed E-state index contributed by atoms with van der Waals surface area (Å²) in [6, 6.07) is 2.57. The molecule has 1 aromatic rings. The van der Waals surface area contributed by atoms with Crippen LogP contribution in [0.15, 0.2) is 6.07 Å². The molecule has 1 aliphatic rings. The molecule has 17 heavy (non-hydrogen) atoms. The van der Waals surface area contributed by atoms with Gasteiger partial charge in [0.25, 0.3) is 0 Å². The lowest BCUT2D eigenvalue weighted by atomic mass is 10.4. The van der Waals surface area contributed by atoms with Crippen molar-refractivity contribution in [2.24, 2.45) is 0 Å². The van der Waals surface area contributed by atoms with Crippen molar-refractivity contribution in [3.8, 4) is 0 Å². The molecular formula is C12H20N4O. The summed E-state index contributed by atoms with van der Waals surface area (Å²) in [4.78, 5) is 10.8. The third-order valence-electron chi connectivity index (χ3n) is 2.80. The topological polar surface area (TPSA) is 61.3 Å². The highest BCUT2D eigenvalue weighted by Crippen LogP contribution is 2.25. The first-order valence-corrected chi connectivity index (χ1v) is 6.13. The Kier molecular flexibility index (Phi) is 3.78. The van der Waals surface area contributed by atoms with Crippen LogP contribution in [0.25, 0.3) is 0 Å². The lowest BCUT2D eigenvalue weighted by Crippen LogP contribution is -2.21. The van der Waals surface area contributed by atoms with Crippen LogP contribution in [-0.4, -0.2) is 41.3 Å². The van der Waals surface area contributed by atoms with Crippen LogP contribution in [0.3, 0.4) is 0 Å². The van der Waals surface area contributed by atoms with Gasteiger partial charge in [0.2, 0.25) is 0 Å². The molecule has 2 N–H and O–H groups in total. The molecule has 1 aliphatic carbocycles. The fraction of sp³-hybridized carbons (Fsp3) is 0.667. The van der Waals surface area contributed by atoms with Crippen molar-refractivity contribution < 1.29 is 5.11 Å². The van der Waals surface area contributed by atoms with E-state index in [-0.39, 0.29) is 6.61 Å². The molecule has 0 aromatic carbocycles. The predicted molar refractivity (Wildman–Crippen MR) is 68.4 cm³/mol. The van der Waals surface area contributed by atoms with Gasteiger partial charge in [-0.3, -0.25) is 0 Å². The van der Waals surface area contributed by atoms with E-state index in [0.717, 1.165) is 30.4 Å². The molecule has 0 aliphatic heterocycles. The number of nitrogens with one attached hydrogen (secondary N) is 1. The number of aryl methyl sites for hydroxylation is 1. The van der Waals surface area contributed by atoms with Crippen LogP contribution in [0, 0.1) is 6.92 Å². The van der Waals surface area contributed by atoms with Gasteiger partial charge in [0.05, 0.1) is 0 Å². The number of nitrogens with zero attached hydrogens (tertiary/aromatic N) is 3. The van der Waals surface area contributed by atoms with Gasteiger partial charge in [-0.05, 0) is 26.2 Å². The van der Waals surface area contributed by atoms with Crippen LogP contribution in [-0.2, 0) is 0 Å². The minimum atomic E-state index is 0.210. The Morgan fingerprint density at radius 1 is 1.47 bits per heavy atom. The van der Waals surface area contributed by atoms with Crippen molar-refractivity contribution in [3.05, 3.63) is 11.9 Å². The molecule has 0 radical (unpaired) electrons. The molecule has 1 aromatic heterocycles. The number of aliphatic hydroxyl groups is 1. The van der Waals surface area contributed by atoms with E-state index in [1.54, 1.807) is 0 Å². The summed E-state index contributed by atoms with van der Waals surface area (Å²) in [5.41, 5.74) is 0. The molecule has 5 heteroatoms. The second-order valence-corrected chi connectivity index (χ2v) is 4.58. The average molecular weight is 236 g/mol. The van der Waals surface area contributed by atoms with Gasteiger partial charge >= 0.3 is 0 Å². The molecule has 5 nitrogen and oxygen atoms in total.